The third-order valence-electron chi connectivity index (χ3n) is 5.73. The first-order chi connectivity index (χ1) is 14.5. The Morgan fingerprint density at radius 1 is 1.10 bits per heavy atom. The number of rotatable bonds is 4. The monoisotopic (exact) mass is 486 g/mol. The lowest BCUT2D eigenvalue weighted by molar-refractivity contribution is 0.132. The molecule has 1 aromatic heterocycles. The quantitative estimate of drug-likeness (QED) is 0.542. The summed E-state index contributed by atoms with van der Waals surface area (Å²) in [6.07, 6.45) is 5.00. The van der Waals surface area contributed by atoms with Crippen LogP contribution in [-0.4, -0.2) is 61.8 Å². The SMILES string of the molecule is Br.CN(C(=O)n1cnc(-c2ccc(O)c(O)c2)c1)C1CCN(Cc2ccccc2)CC1. The van der Waals surface area contributed by atoms with E-state index in [2.05, 4.69) is 34.1 Å². The summed E-state index contributed by atoms with van der Waals surface area (Å²) in [5.41, 5.74) is 2.50. The molecular formula is C23H27BrN4O3. The van der Waals surface area contributed by atoms with Gasteiger partial charge < -0.3 is 15.1 Å². The summed E-state index contributed by atoms with van der Waals surface area (Å²) in [5, 5.41) is 19.1. The summed E-state index contributed by atoms with van der Waals surface area (Å²) < 4.78 is 1.47. The molecule has 8 heteroatoms. The number of aromatic nitrogens is 2. The Kier molecular flexibility index (Phi) is 7.35. The fourth-order valence-corrected chi connectivity index (χ4v) is 3.90. The zero-order valence-corrected chi connectivity index (χ0v) is 19.1. The van der Waals surface area contributed by atoms with Gasteiger partial charge >= 0.3 is 6.03 Å². The van der Waals surface area contributed by atoms with Crippen LogP contribution in [0.1, 0.15) is 18.4 Å². The second-order valence-corrected chi connectivity index (χ2v) is 7.76. The van der Waals surface area contributed by atoms with Crippen molar-refractivity contribution in [3.8, 4) is 22.8 Å². The maximum Gasteiger partial charge on any atom is 0.329 e. The lowest BCUT2D eigenvalue weighted by atomic mass is 10.0. The Labute approximate surface area is 192 Å². The molecular weight excluding hydrogens is 460 g/mol. The van der Waals surface area contributed by atoms with Crippen LogP contribution in [0.2, 0.25) is 0 Å². The summed E-state index contributed by atoms with van der Waals surface area (Å²) >= 11 is 0. The molecule has 1 saturated heterocycles. The van der Waals surface area contributed by atoms with Gasteiger partial charge in [-0.25, -0.2) is 9.78 Å². The van der Waals surface area contributed by atoms with Crippen LogP contribution in [-0.2, 0) is 6.54 Å². The predicted octanol–water partition coefficient (Wildman–Crippen LogP) is 4.10. The number of halogens is 1. The maximum absolute atomic E-state index is 12.9. The molecule has 2 N–H and O–H groups in total. The highest BCUT2D eigenvalue weighted by molar-refractivity contribution is 8.93. The number of hydrogen-bond donors (Lipinski definition) is 2. The Morgan fingerprint density at radius 3 is 2.48 bits per heavy atom. The number of likely N-dealkylation sites (tertiary alicyclic amines) is 1. The Morgan fingerprint density at radius 2 is 1.81 bits per heavy atom. The van der Waals surface area contributed by atoms with Crippen molar-refractivity contribution in [2.75, 3.05) is 20.1 Å². The highest BCUT2D eigenvalue weighted by Crippen LogP contribution is 2.29. The van der Waals surface area contributed by atoms with Crippen molar-refractivity contribution in [3.63, 3.8) is 0 Å². The fraction of sp³-hybridized carbons (Fsp3) is 0.304. The van der Waals surface area contributed by atoms with Crippen molar-refractivity contribution < 1.29 is 15.0 Å². The van der Waals surface area contributed by atoms with E-state index >= 15 is 0 Å². The van der Waals surface area contributed by atoms with Gasteiger partial charge in [0, 0.05) is 44.5 Å². The molecule has 0 atom stereocenters. The largest absolute Gasteiger partial charge is 0.504 e. The van der Waals surface area contributed by atoms with E-state index in [4.69, 9.17) is 0 Å². The molecule has 1 aliphatic rings. The van der Waals surface area contributed by atoms with Gasteiger partial charge in [-0.3, -0.25) is 9.47 Å². The van der Waals surface area contributed by atoms with Crippen molar-refractivity contribution >= 4 is 23.0 Å². The average Bonchev–Trinajstić information content (AvgIpc) is 3.26. The number of amides is 1. The molecule has 1 amide bonds. The van der Waals surface area contributed by atoms with Gasteiger partial charge in [0.1, 0.15) is 6.33 Å². The van der Waals surface area contributed by atoms with Gasteiger partial charge in [0.2, 0.25) is 0 Å². The van der Waals surface area contributed by atoms with Gasteiger partial charge in [0.25, 0.3) is 0 Å². The molecule has 3 aromatic rings. The molecule has 2 heterocycles. The molecule has 1 fully saturated rings. The molecule has 0 aliphatic carbocycles. The zero-order valence-electron chi connectivity index (χ0n) is 17.4. The van der Waals surface area contributed by atoms with Gasteiger partial charge in [-0.05, 0) is 36.6 Å². The molecule has 2 aromatic carbocycles. The minimum Gasteiger partial charge on any atom is -0.504 e. The summed E-state index contributed by atoms with van der Waals surface area (Å²) in [4.78, 5) is 21.4. The van der Waals surface area contributed by atoms with Gasteiger partial charge in [-0.1, -0.05) is 30.3 Å². The van der Waals surface area contributed by atoms with Crippen LogP contribution in [0.15, 0.2) is 61.1 Å². The van der Waals surface area contributed by atoms with Gasteiger partial charge in [0.05, 0.1) is 5.69 Å². The van der Waals surface area contributed by atoms with E-state index in [-0.39, 0.29) is 40.6 Å². The topological polar surface area (TPSA) is 81.8 Å². The fourth-order valence-electron chi connectivity index (χ4n) is 3.90. The highest BCUT2D eigenvalue weighted by atomic mass is 79.9. The second-order valence-electron chi connectivity index (χ2n) is 7.76. The van der Waals surface area contributed by atoms with Crippen LogP contribution in [0.5, 0.6) is 11.5 Å². The summed E-state index contributed by atoms with van der Waals surface area (Å²) in [7, 11) is 1.84. The van der Waals surface area contributed by atoms with E-state index in [1.807, 2.05) is 13.1 Å². The molecule has 0 bridgehead atoms. The third kappa shape index (κ3) is 5.26. The maximum atomic E-state index is 12.9. The molecule has 31 heavy (non-hydrogen) atoms. The van der Waals surface area contributed by atoms with Crippen LogP contribution < -0.4 is 0 Å². The van der Waals surface area contributed by atoms with Crippen LogP contribution in [0.4, 0.5) is 4.79 Å². The Hall–Kier alpha value is -2.84. The van der Waals surface area contributed by atoms with Crippen LogP contribution >= 0.6 is 17.0 Å². The number of aromatic hydroxyl groups is 2. The molecule has 0 spiro atoms. The smallest absolute Gasteiger partial charge is 0.329 e. The standard InChI is InChI=1S/C23H26N4O3.BrH/c1-25(19-9-11-26(12-10-19)14-17-5-3-2-4-6-17)23(30)27-15-20(24-16-27)18-7-8-21(28)22(29)13-18;/h2-8,13,15-16,19,28-29H,9-12,14H2,1H3;1H. The molecule has 164 valence electrons. The minimum absolute atomic E-state index is 0. The zero-order chi connectivity index (χ0) is 21.1. The lowest BCUT2D eigenvalue weighted by Crippen LogP contribution is -2.46. The van der Waals surface area contributed by atoms with Crippen molar-refractivity contribution in [2.45, 2.75) is 25.4 Å². The first-order valence-electron chi connectivity index (χ1n) is 10.1. The van der Waals surface area contributed by atoms with Crippen molar-refractivity contribution in [2.24, 2.45) is 0 Å². The Balaban J connectivity index is 0.00000272. The number of nitrogens with zero attached hydrogens (tertiary/aromatic N) is 4. The summed E-state index contributed by atoms with van der Waals surface area (Å²) in [6, 6.07) is 15.0. The van der Waals surface area contributed by atoms with Crippen LogP contribution in [0.25, 0.3) is 11.3 Å². The van der Waals surface area contributed by atoms with E-state index in [0.717, 1.165) is 32.5 Å². The number of carbonyl (C=O) groups is 1. The Bertz CT molecular complexity index is 1020. The van der Waals surface area contributed by atoms with E-state index < -0.39 is 0 Å². The predicted molar refractivity (Wildman–Crippen MR) is 125 cm³/mol. The van der Waals surface area contributed by atoms with Gasteiger partial charge in [-0.2, -0.15) is 0 Å². The third-order valence-corrected chi connectivity index (χ3v) is 5.73. The number of imidazole rings is 1. The van der Waals surface area contributed by atoms with E-state index in [1.165, 1.54) is 28.6 Å². The number of hydrogen-bond acceptors (Lipinski definition) is 5. The number of phenolic OH excluding ortho intramolecular Hbond substituents is 2. The molecule has 0 unspecified atom stereocenters. The first-order valence-corrected chi connectivity index (χ1v) is 10.1. The average molecular weight is 487 g/mol. The van der Waals surface area contributed by atoms with Crippen LogP contribution in [0, 0.1) is 0 Å². The van der Waals surface area contributed by atoms with Crippen molar-refractivity contribution in [1.29, 1.82) is 0 Å². The van der Waals surface area contributed by atoms with Crippen LogP contribution in [0.3, 0.4) is 0 Å². The molecule has 0 radical (unpaired) electrons. The summed E-state index contributed by atoms with van der Waals surface area (Å²) in [5.74, 6) is -0.402. The summed E-state index contributed by atoms with van der Waals surface area (Å²) in [6.45, 7) is 2.86. The molecule has 1 aliphatic heterocycles. The minimum atomic E-state index is -0.215. The number of carbonyl (C=O) groups excluding carboxylic acids is 1. The first kappa shape index (κ1) is 22.8. The number of piperidine rings is 1. The lowest BCUT2D eigenvalue weighted by Gasteiger charge is -2.36. The van der Waals surface area contributed by atoms with Crippen molar-refractivity contribution in [3.05, 3.63) is 66.6 Å². The van der Waals surface area contributed by atoms with E-state index in [0.29, 0.717) is 11.3 Å². The molecule has 0 saturated carbocycles. The van der Waals surface area contributed by atoms with Gasteiger partial charge in [-0.15, -0.1) is 17.0 Å². The number of benzene rings is 2. The normalized spacial score (nSPS) is 14.7. The molecule has 4 rings (SSSR count). The van der Waals surface area contributed by atoms with Gasteiger partial charge in [0.15, 0.2) is 11.5 Å². The number of phenols is 2. The molecule has 7 nitrogen and oxygen atoms in total. The highest BCUT2D eigenvalue weighted by Gasteiger charge is 2.26. The van der Waals surface area contributed by atoms with E-state index in [9.17, 15) is 15.0 Å². The van der Waals surface area contributed by atoms with E-state index in [1.54, 1.807) is 17.2 Å². The second kappa shape index (κ2) is 9.98. The van der Waals surface area contributed by atoms with Crippen molar-refractivity contribution in [1.82, 2.24) is 19.4 Å².